The van der Waals surface area contributed by atoms with Crippen LogP contribution in [0.5, 0.6) is 0 Å². The molecule has 3 aromatic carbocycles. The highest BCUT2D eigenvalue weighted by Crippen LogP contribution is 2.26. The number of likely N-dealkylation sites (N-methyl/N-ethyl adjacent to an activating group) is 1. The number of anilines is 1. The third-order valence-electron chi connectivity index (χ3n) is 7.02. The van der Waals surface area contributed by atoms with Crippen molar-refractivity contribution in [1.82, 2.24) is 14.4 Å². The van der Waals surface area contributed by atoms with Crippen molar-refractivity contribution in [3.8, 4) is 0 Å². The van der Waals surface area contributed by atoms with Gasteiger partial charge in [-0.3, -0.25) is 9.59 Å². The van der Waals surface area contributed by atoms with Crippen LogP contribution in [0.4, 0.5) is 14.5 Å². The molecule has 2 amide bonds. The lowest BCUT2D eigenvalue weighted by atomic mass is 10.1. The predicted octanol–water partition coefficient (Wildman–Crippen LogP) is 4.93. The number of halogens is 2. The van der Waals surface area contributed by atoms with Crippen LogP contribution in [0.2, 0.25) is 0 Å². The van der Waals surface area contributed by atoms with Crippen molar-refractivity contribution in [2.75, 3.05) is 38.0 Å². The molecular weight excluding hydrogens is 486 g/mol. The molecule has 1 aliphatic rings. The first-order valence-electron chi connectivity index (χ1n) is 12.8. The van der Waals surface area contributed by atoms with Crippen LogP contribution in [0.25, 0.3) is 10.9 Å². The highest BCUT2D eigenvalue weighted by Gasteiger charge is 2.25. The molecule has 1 aliphatic heterocycles. The van der Waals surface area contributed by atoms with Gasteiger partial charge < -0.3 is 19.7 Å². The first kappa shape index (κ1) is 25.6. The Labute approximate surface area is 220 Å². The number of aromatic nitrogens is 1. The van der Waals surface area contributed by atoms with E-state index in [9.17, 15) is 18.4 Å². The van der Waals surface area contributed by atoms with Gasteiger partial charge in [0, 0.05) is 49.3 Å². The average Bonchev–Trinajstić information content (AvgIpc) is 3.27. The van der Waals surface area contributed by atoms with Gasteiger partial charge in [-0.05, 0) is 66.2 Å². The van der Waals surface area contributed by atoms with Gasteiger partial charge in [-0.1, -0.05) is 31.2 Å². The summed E-state index contributed by atoms with van der Waals surface area (Å²) >= 11 is 0. The fourth-order valence-corrected chi connectivity index (χ4v) is 4.94. The van der Waals surface area contributed by atoms with Gasteiger partial charge in [0.05, 0.1) is 6.42 Å². The van der Waals surface area contributed by atoms with E-state index in [1.807, 2.05) is 33.7 Å². The summed E-state index contributed by atoms with van der Waals surface area (Å²) in [5.41, 5.74) is 3.42. The fourth-order valence-electron chi connectivity index (χ4n) is 4.94. The zero-order valence-electron chi connectivity index (χ0n) is 21.3. The van der Waals surface area contributed by atoms with E-state index in [1.165, 1.54) is 24.3 Å². The molecular formula is C30H30F2N4O2. The molecule has 0 bridgehead atoms. The maximum Gasteiger partial charge on any atom is 0.270 e. The fraction of sp³-hybridized carbons (Fsp3) is 0.267. The lowest BCUT2D eigenvalue weighted by Crippen LogP contribution is -2.48. The van der Waals surface area contributed by atoms with Crippen LogP contribution in [-0.2, 0) is 17.8 Å². The molecule has 0 saturated carbocycles. The number of benzene rings is 3. The number of nitrogens with zero attached hydrogens (tertiary/aromatic N) is 3. The van der Waals surface area contributed by atoms with Crippen molar-refractivity contribution in [2.24, 2.45) is 0 Å². The van der Waals surface area contributed by atoms with Gasteiger partial charge >= 0.3 is 0 Å². The van der Waals surface area contributed by atoms with E-state index in [0.717, 1.165) is 36.1 Å². The quantitative estimate of drug-likeness (QED) is 0.379. The molecule has 0 aliphatic carbocycles. The van der Waals surface area contributed by atoms with Crippen LogP contribution < -0.4 is 5.32 Å². The van der Waals surface area contributed by atoms with Crippen LogP contribution in [0.3, 0.4) is 0 Å². The summed E-state index contributed by atoms with van der Waals surface area (Å²) in [7, 11) is 0. The van der Waals surface area contributed by atoms with Crippen molar-refractivity contribution in [3.63, 3.8) is 0 Å². The maximum absolute atomic E-state index is 13.9. The van der Waals surface area contributed by atoms with Crippen LogP contribution >= 0.6 is 0 Å². The number of amides is 2. The highest BCUT2D eigenvalue weighted by atomic mass is 19.1. The van der Waals surface area contributed by atoms with E-state index in [-0.39, 0.29) is 29.9 Å². The second kappa shape index (κ2) is 11.1. The van der Waals surface area contributed by atoms with E-state index in [1.54, 1.807) is 24.3 Å². The van der Waals surface area contributed by atoms with Crippen LogP contribution in [-0.4, -0.2) is 58.9 Å². The van der Waals surface area contributed by atoms with E-state index in [0.29, 0.717) is 36.6 Å². The van der Waals surface area contributed by atoms with Crippen molar-refractivity contribution in [1.29, 1.82) is 0 Å². The van der Waals surface area contributed by atoms with Gasteiger partial charge in [0.15, 0.2) is 0 Å². The van der Waals surface area contributed by atoms with E-state index in [2.05, 4.69) is 17.1 Å². The molecule has 1 aromatic heterocycles. The van der Waals surface area contributed by atoms with Crippen LogP contribution in [0, 0.1) is 11.6 Å². The number of hydrogen-bond donors (Lipinski definition) is 1. The normalized spacial score (nSPS) is 14.1. The number of nitrogens with one attached hydrogen (secondary N) is 1. The zero-order valence-corrected chi connectivity index (χ0v) is 21.3. The Kier molecular flexibility index (Phi) is 7.51. The Balaban J connectivity index is 1.43. The number of carbonyl (C=O) groups excluding carboxylic acids is 2. The van der Waals surface area contributed by atoms with Crippen molar-refractivity contribution < 1.29 is 18.4 Å². The van der Waals surface area contributed by atoms with Crippen LogP contribution in [0.1, 0.15) is 28.5 Å². The number of piperazine rings is 1. The molecule has 1 fully saturated rings. The van der Waals surface area contributed by atoms with E-state index in [4.69, 9.17) is 0 Å². The Morgan fingerprint density at radius 1 is 0.842 bits per heavy atom. The smallest absolute Gasteiger partial charge is 0.270 e. The summed E-state index contributed by atoms with van der Waals surface area (Å²) in [6, 6.07) is 19.6. The molecule has 1 saturated heterocycles. The Morgan fingerprint density at radius 2 is 1.61 bits per heavy atom. The molecule has 196 valence electrons. The number of fused-ring (bicyclic) bond motifs is 1. The standard InChI is InChI=1S/C30H30F2N4O2/c1-2-34-12-14-35(15-13-34)30(38)28-19-23-18-26(33-29(37)17-21-6-8-24(31)9-7-21)10-11-27(23)36(28)20-22-4-3-5-25(32)16-22/h3-11,16,18-19H,2,12-15,17,20H2,1H3,(H,33,37). The molecule has 1 N–H and O–H groups in total. The maximum atomic E-state index is 13.9. The lowest BCUT2D eigenvalue weighted by Gasteiger charge is -2.34. The predicted molar refractivity (Wildman–Crippen MR) is 144 cm³/mol. The minimum absolute atomic E-state index is 0.0600. The summed E-state index contributed by atoms with van der Waals surface area (Å²) in [4.78, 5) is 30.4. The second-order valence-corrected chi connectivity index (χ2v) is 9.60. The molecule has 6 nitrogen and oxygen atoms in total. The minimum atomic E-state index is -0.347. The zero-order chi connectivity index (χ0) is 26.6. The lowest BCUT2D eigenvalue weighted by molar-refractivity contribution is -0.115. The number of hydrogen-bond acceptors (Lipinski definition) is 3. The Morgan fingerprint density at radius 3 is 2.32 bits per heavy atom. The van der Waals surface area contributed by atoms with E-state index >= 15 is 0 Å². The molecule has 0 spiro atoms. The largest absolute Gasteiger partial charge is 0.335 e. The number of rotatable bonds is 7. The minimum Gasteiger partial charge on any atom is -0.335 e. The summed E-state index contributed by atoms with van der Waals surface area (Å²) in [6.45, 7) is 6.38. The van der Waals surface area contributed by atoms with Gasteiger partial charge in [0.1, 0.15) is 17.3 Å². The first-order chi connectivity index (χ1) is 18.4. The van der Waals surface area contributed by atoms with Crippen molar-refractivity contribution in [3.05, 3.63) is 101 Å². The van der Waals surface area contributed by atoms with Gasteiger partial charge in [-0.2, -0.15) is 0 Å². The van der Waals surface area contributed by atoms with Crippen molar-refractivity contribution >= 4 is 28.4 Å². The Hall–Kier alpha value is -4.04. The first-order valence-corrected chi connectivity index (χ1v) is 12.8. The monoisotopic (exact) mass is 516 g/mol. The topological polar surface area (TPSA) is 57.6 Å². The molecule has 5 rings (SSSR count). The number of carbonyl (C=O) groups is 2. The summed E-state index contributed by atoms with van der Waals surface area (Å²) < 4.78 is 29.0. The van der Waals surface area contributed by atoms with Gasteiger partial charge in [-0.15, -0.1) is 0 Å². The van der Waals surface area contributed by atoms with E-state index < -0.39 is 0 Å². The third-order valence-corrected chi connectivity index (χ3v) is 7.02. The highest BCUT2D eigenvalue weighted by molar-refractivity contribution is 6.01. The molecule has 8 heteroatoms. The third kappa shape index (κ3) is 5.75. The molecule has 0 radical (unpaired) electrons. The van der Waals surface area contributed by atoms with Crippen LogP contribution in [0.15, 0.2) is 72.8 Å². The summed E-state index contributed by atoms with van der Waals surface area (Å²) in [5, 5.41) is 3.70. The van der Waals surface area contributed by atoms with Gasteiger partial charge in [0.2, 0.25) is 5.91 Å². The van der Waals surface area contributed by atoms with Gasteiger partial charge in [0.25, 0.3) is 5.91 Å². The summed E-state index contributed by atoms with van der Waals surface area (Å²) in [6.07, 6.45) is 0.117. The van der Waals surface area contributed by atoms with Crippen molar-refractivity contribution in [2.45, 2.75) is 19.9 Å². The summed E-state index contributed by atoms with van der Waals surface area (Å²) in [5.74, 6) is -0.955. The molecule has 2 heterocycles. The molecule has 0 unspecified atom stereocenters. The Bertz CT molecular complexity index is 1460. The SMILES string of the molecule is CCN1CCN(C(=O)c2cc3cc(NC(=O)Cc4ccc(F)cc4)ccc3n2Cc2cccc(F)c2)CC1. The van der Waals surface area contributed by atoms with Gasteiger partial charge in [-0.25, -0.2) is 8.78 Å². The average molecular weight is 517 g/mol. The molecule has 38 heavy (non-hydrogen) atoms. The molecule has 4 aromatic rings. The second-order valence-electron chi connectivity index (χ2n) is 9.60. The molecule has 0 atom stereocenters.